The van der Waals surface area contributed by atoms with Gasteiger partial charge in [0.2, 0.25) is 11.8 Å². The Morgan fingerprint density at radius 2 is 2.04 bits per heavy atom. The Hall–Kier alpha value is -1.88. The van der Waals surface area contributed by atoms with Crippen LogP contribution in [0, 0.1) is 12.8 Å². The number of hydrogen-bond donors (Lipinski definition) is 1. The molecule has 5 heteroatoms. The molecule has 0 bridgehead atoms. The van der Waals surface area contributed by atoms with Crippen molar-refractivity contribution in [2.45, 2.75) is 39.5 Å². The summed E-state index contributed by atoms with van der Waals surface area (Å²) in [5.74, 6) is -0.279. The molecule has 1 aliphatic rings. The van der Waals surface area contributed by atoms with E-state index in [0.29, 0.717) is 19.7 Å². The van der Waals surface area contributed by atoms with E-state index in [1.54, 1.807) is 4.90 Å². The number of amides is 2. The normalized spacial score (nSPS) is 17.3. The Balaban J connectivity index is 1.75. The Morgan fingerprint density at radius 3 is 2.79 bits per heavy atom. The number of ether oxygens (including phenoxy) is 1. The fourth-order valence-electron chi connectivity index (χ4n) is 2.86. The van der Waals surface area contributed by atoms with Crippen molar-refractivity contribution >= 4 is 17.5 Å². The number of para-hydroxylation sites is 1. The number of carbonyl (C=O) groups excluding carboxylic acids is 2. The van der Waals surface area contributed by atoms with E-state index in [4.69, 9.17) is 4.74 Å². The first kappa shape index (κ1) is 18.5. The van der Waals surface area contributed by atoms with E-state index < -0.39 is 0 Å². The number of nitrogens with zero attached hydrogens (tertiary/aromatic N) is 1. The number of hydrogen-bond acceptors (Lipinski definition) is 3. The van der Waals surface area contributed by atoms with Crippen LogP contribution in [0.2, 0.25) is 0 Å². The Kier molecular flexibility index (Phi) is 7.25. The Labute approximate surface area is 144 Å². The molecular weight excluding hydrogens is 304 g/mol. The van der Waals surface area contributed by atoms with Crippen molar-refractivity contribution in [3.8, 4) is 0 Å². The van der Waals surface area contributed by atoms with Crippen molar-refractivity contribution in [2.75, 3.05) is 31.2 Å². The molecule has 0 saturated carbocycles. The molecule has 1 atom stereocenters. The molecule has 5 nitrogen and oxygen atoms in total. The summed E-state index contributed by atoms with van der Waals surface area (Å²) in [6.07, 6.45) is 3.29. The van der Waals surface area contributed by atoms with Gasteiger partial charge in [0.05, 0.1) is 5.92 Å². The van der Waals surface area contributed by atoms with E-state index in [2.05, 4.69) is 12.2 Å². The predicted octanol–water partition coefficient (Wildman–Crippen LogP) is 2.67. The molecule has 132 valence electrons. The van der Waals surface area contributed by atoms with Crippen molar-refractivity contribution in [3.63, 3.8) is 0 Å². The van der Waals surface area contributed by atoms with Crippen LogP contribution in [-0.4, -0.2) is 38.1 Å². The largest absolute Gasteiger partial charge is 0.381 e. The van der Waals surface area contributed by atoms with Gasteiger partial charge >= 0.3 is 0 Å². The Bertz CT molecular complexity index is 559. The van der Waals surface area contributed by atoms with E-state index in [-0.39, 0.29) is 24.2 Å². The lowest BCUT2D eigenvalue weighted by molar-refractivity contribution is -0.126. The average Bonchev–Trinajstić information content (AvgIpc) is 2.96. The third kappa shape index (κ3) is 5.06. The van der Waals surface area contributed by atoms with E-state index in [9.17, 15) is 9.59 Å². The number of aryl methyl sites for hydroxylation is 1. The highest BCUT2D eigenvalue weighted by Crippen LogP contribution is 2.27. The summed E-state index contributed by atoms with van der Waals surface area (Å²) in [5.41, 5.74) is 1.96. The second kappa shape index (κ2) is 9.42. The van der Waals surface area contributed by atoms with Crippen LogP contribution in [0.5, 0.6) is 0 Å². The van der Waals surface area contributed by atoms with Crippen LogP contribution in [0.3, 0.4) is 0 Å². The van der Waals surface area contributed by atoms with Gasteiger partial charge < -0.3 is 15.0 Å². The molecule has 0 radical (unpaired) electrons. The fraction of sp³-hybridized carbons (Fsp3) is 0.579. The molecule has 1 aliphatic heterocycles. The summed E-state index contributed by atoms with van der Waals surface area (Å²) in [6.45, 7) is 6.62. The zero-order valence-corrected chi connectivity index (χ0v) is 14.7. The second-order valence-corrected chi connectivity index (χ2v) is 6.30. The van der Waals surface area contributed by atoms with Gasteiger partial charge in [-0.1, -0.05) is 31.5 Å². The minimum atomic E-state index is -0.266. The number of anilines is 1. The van der Waals surface area contributed by atoms with Crippen LogP contribution in [0.25, 0.3) is 0 Å². The molecule has 1 aromatic carbocycles. The van der Waals surface area contributed by atoms with Crippen molar-refractivity contribution in [2.24, 2.45) is 5.92 Å². The SMILES string of the molecule is CCCCOCCCNC(=O)[C@H]1CC(=O)N(c2ccccc2C)C1. The quantitative estimate of drug-likeness (QED) is 0.707. The van der Waals surface area contributed by atoms with Crippen LogP contribution in [-0.2, 0) is 14.3 Å². The van der Waals surface area contributed by atoms with Crippen LogP contribution >= 0.6 is 0 Å². The molecule has 0 spiro atoms. The highest BCUT2D eigenvalue weighted by atomic mass is 16.5. The number of benzene rings is 1. The third-order valence-corrected chi connectivity index (χ3v) is 4.31. The lowest BCUT2D eigenvalue weighted by atomic mass is 10.1. The average molecular weight is 332 g/mol. The maximum atomic E-state index is 12.3. The molecule has 0 aliphatic carbocycles. The maximum Gasteiger partial charge on any atom is 0.227 e. The maximum absolute atomic E-state index is 12.3. The predicted molar refractivity (Wildman–Crippen MR) is 95.0 cm³/mol. The summed E-state index contributed by atoms with van der Waals surface area (Å²) >= 11 is 0. The van der Waals surface area contributed by atoms with Gasteiger partial charge in [-0.3, -0.25) is 9.59 Å². The van der Waals surface area contributed by atoms with Crippen molar-refractivity contribution in [3.05, 3.63) is 29.8 Å². The molecule has 0 aromatic heterocycles. The molecule has 1 N–H and O–H groups in total. The summed E-state index contributed by atoms with van der Waals surface area (Å²) in [6, 6.07) is 7.78. The molecule has 2 amide bonds. The summed E-state index contributed by atoms with van der Waals surface area (Å²) in [5, 5.41) is 2.92. The molecule has 24 heavy (non-hydrogen) atoms. The number of carbonyl (C=O) groups is 2. The zero-order valence-electron chi connectivity index (χ0n) is 14.7. The lowest BCUT2D eigenvalue weighted by Gasteiger charge is -2.19. The molecule has 1 saturated heterocycles. The molecular formula is C19H28N2O3. The number of rotatable bonds is 9. The van der Waals surface area contributed by atoms with Gasteiger partial charge in [0.1, 0.15) is 0 Å². The monoisotopic (exact) mass is 332 g/mol. The van der Waals surface area contributed by atoms with Gasteiger partial charge in [-0.2, -0.15) is 0 Å². The number of unbranched alkanes of at least 4 members (excludes halogenated alkanes) is 1. The minimum absolute atomic E-state index is 0.0207. The molecule has 1 fully saturated rings. The topological polar surface area (TPSA) is 58.6 Å². The molecule has 0 unspecified atom stereocenters. The summed E-state index contributed by atoms with van der Waals surface area (Å²) in [7, 11) is 0. The van der Waals surface area contributed by atoms with E-state index in [1.165, 1.54) is 0 Å². The van der Waals surface area contributed by atoms with E-state index >= 15 is 0 Å². The third-order valence-electron chi connectivity index (χ3n) is 4.31. The highest BCUT2D eigenvalue weighted by molar-refractivity contribution is 6.00. The van der Waals surface area contributed by atoms with Gasteiger partial charge in [0.25, 0.3) is 0 Å². The lowest BCUT2D eigenvalue weighted by Crippen LogP contribution is -2.34. The molecule has 1 heterocycles. The summed E-state index contributed by atoms with van der Waals surface area (Å²) < 4.78 is 5.47. The standard InChI is InChI=1S/C19H28N2O3/c1-3-4-11-24-12-7-10-20-19(23)16-13-18(22)21(14-16)17-9-6-5-8-15(17)2/h5-6,8-9,16H,3-4,7,10-14H2,1-2H3,(H,20,23)/t16-/m0/s1. The highest BCUT2D eigenvalue weighted by Gasteiger charge is 2.35. The molecule has 1 aromatic rings. The molecule has 2 rings (SSSR count). The number of nitrogens with one attached hydrogen (secondary N) is 1. The van der Waals surface area contributed by atoms with E-state index in [0.717, 1.165) is 37.1 Å². The first-order valence-corrected chi connectivity index (χ1v) is 8.85. The van der Waals surface area contributed by atoms with Crippen molar-refractivity contribution < 1.29 is 14.3 Å². The first-order chi connectivity index (χ1) is 11.6. The van der Waals surface area contributed by atoms with Gasteiger partial charge in [-0.15, -0.1) is 0 Å². The van der Waals surface area contributed by atoms with Gasteiger partial charge in [0.15, 0.2) is 0 Å². The van der Waals surface area contributed by atoms with Crippen LogP contribution in [0.4, 0.5) is 5.69 Å². The van der Waals surface area contributed by atoms with Crippen molar-refractivity contribution in [1.82, 2.24) is 5.32 Å². The van der Waals surface area contributed by atoms with Crippen LogP contribution < -0.4 is 10.2 Å². The van der Waals surface area contributed by atoms with Gasteiger partial charge in [0, 0.05) is 38.4 Å². The zero-order chi connectivity index (χ0) is 17.4. The van der Waals surface area contributed by atoms with Gasteiger partial charge in [-0.25, -0.2) is 0 Å². The Morgan fingerprint density at radius 1 is 1.29 bits per heavy atom. The van der Waals surface area contributed by atoms with Crippen LogP contribution in [0.15, 0.2) is 24.3 Å². The van der Waals surface area contributed by atoms with Gasteiger partial charge in [-0.05, 0) is 31.4 Å². The van der Waals surface area contributed by atoms with Crippen LogP contribution in [0.1, 0.15) is 38.2 Å². The second-order valence-electron chi connectivity index (χ2n) is 6.30. The minimum Gasteiger partial charge on any atom is -0.381 e. The van der Waals surface area contributed by atoms with E-state index in [1.807, 2.05) is 31.2 Å². The fourth-order valence-corrected chi connectivity index (χ4v) is 2.86. The summed E-state index contributed by atoms with van der Waals surface area (Å²) in [4.78, 5) is 26.2. The smallest absolute Gasteiger partial charge is 0.227 e. The van der Waals surface area contributed by atoms with Crippen molar-refractivity contribution in [1.29, 1.82) is 0 Å². The first-order valence-electron chi connectivity index (χ1n) is 8.85.